The van der Waals surface area contributed by atoms with Crippen LogP contribution in [0.3, 0.4) is 0 Å². The number of hydrogen-bond acceptors (Lipinski definition) is 10. The van der Waals surface area contributed by atoms with Crippen LogP contribution in [-0.4, -0.2) is 81.6 Å². The van der Waals surface area contributed by atoms with Crippen LogP contribution in [0.1, 0.15) is 55.6 Å². The van der Waals surface area contributed by atoms with Crippen molar-refractivity contribution >= 4 is 23.2 Å². The third kappa shape index (κ3) is 5.00. The molecule has 11 heteroatoms. The summed E-state index contributed by atoms with van der Waals surface area (Å²) in [6.45, 7) is 9.87. The maximum Gasteiger partial charge on any atom is 0.255 e. The lowest BCUT2D eigenvalue weighted by atomic mass is 9.58. The van der Waals surface area contributed by atoms with Crippen LogP contribution in [0.4, 0.5) is 5.69 Å². The zero-order valence-electron chi connectivity index (χ0n) is 24.5. The van der Waals surface area contributed by atoms with Crippen LogP contribution in [0, 0.1) is 23.7 Å². The Hall–Kier alpha value is -3.41. The number of allylic oxidation sites excluding steroid dienone is 1. The van der Waals surface area contributed by atoms with E-state index in [2.05, 4.69) is 38.3 Å². The van der Waals surface area contributed by atoms with Crippen LogP contribution in [0.5, 0.6) is 5.75 Å². The third-order valence-corrected chi connectivity index (χ3v) is 8.37. The Morgan fingerprint density at radius 2 is 1.76 bits per heavy atom. The number of anilines is 1. The smallest absolute Gasteiger partial charge is 0.255 e. The first-order valence-electron chi connectivity index (χ1n) is 14.1. The molecule has 4 atom stereocenters. The minimum Gasteiger partial charge on any atom is -0.510 e. The zero-order valence-corrected chi connectivity index (χ0v) is 24.5. The average molecular weight is 571 g/mol. The van der Waals surface area contributed by atoms with Gasteiger partial charge in [-0.25, -0.2) is 0 Å². The minimum absolute atomic E-state index is 0.0159. The maximum absolute atomic E-state index is 14.0. The van der Waals surface area contributed by atoms with Crippen LogP contribution in [0.25, 0.3) is 0 Å². The molecule has 0 aromatic heterocycles. The third-order valence-electron chi connectivity index (χ3n) is 8.37. The monoisotopic (exact) mass is 570 g/mol. The lowest BCUT2D eigenvalue weighted by Gasteiger charge is -2.50. The highest BCUT2D eigenvalue weighted by atomic mass is 16.3. The van der Waals surface area contributed by atoms with Gasteiger partial charge in [0.25, 0.3) is 5.91 Å². The number of hydrogen-bond donors (Lipinski definition) is 7. The van der Waals surface area contributed by atoms with Crippen molar-refractivity contribution in [1.82, 2.24) is 10.2 Å². The van der Waals surface area contributed by atoms with Crippen LogP contribution in [-0.2, 0) is 22.6 Å². The molecule has 1 aromatic rings. The van der Waals surface area contributed by atoms with Gasteiger partial charge in [0.15, 0.2) is 11.4 Å². The van der Waals surface area contributed by atoms with E-state index in [1.807, 2.05) is 6.07 Å². The van der Waals surface area contributed by atoms with E-state index in [0.717, 1.165) is 0 Å². The summed E-state index contributed by atoms with van der Waals surface area (Å²) in [4.78, 5) is 41.1. The number of benzene rings is 1. The van der Waals surface area contributed by atoms with Gasteiger partial charge in [-0.2, -0.15) is 0 Å². The zero-order chi connectivity index (χ0) is 30.5. The van der Waals surface area contributed by atoms with Gasteiger partial charge >= 0.3 is 0 Å². The molecule has 3 aliphatic rings. The number of rotatable bonds is 9. The average Bonchev–Trinajstić information content (AvgIpc) is 2.85. The Morgan fingerprint density at radius 3 is 2.32 bits per heavy atom. The summed E-state index contributed by atoms with van der Waals surface area (Å²) in [6, 6.07) is 0.834. The highest BCUT2D eigenvalue weighted by molar-refractivity contribution is 6.24. The fourth-order valence-electron chi connectivity index (χ4n) is 6.48. The summed E-state index contributed by atoms with van der Waals surface area (Å²) < 4.78 is 0. The van der Waals surface area contributed by atoms with Gasteiger partial charge in [-0.1, -0.05) is 27.7 Å². The van der Waals surface area contributed by atoms with E-state index in [4.69, 9.17) is 5.73 Å². The second-order valence-corrected chi connectivity index (χ2v) is 12.5. The van der Waals surface area contributed by atoms with Crippen molar-refractivity contribution in [2.24, 2.45) is 29.4 Å². The van der Waals surface area contributed by atoms with Gasteiger partial charge in [0.05, 0.1) is 11.6 Å². The van der Waals surface area contributed by atoms with E-state index in [0.29, 0.717) is 48.3 Å². The Balaban J connectivity index is 1.87. The van der Waals surface area contributed by atoms with Crippen molar-refractivity contribution in [1.29, 1.82) is 0 Å². The minimum atomic E-state index is -2.65. The molecule has 1 aromatic carbocycles. The van der Waals surface area contributed by atoms with Gasteiger partial charge in [0.2, 0.25) is 5.78 Å². The number of nitrogens with zero attached hydrogens (tertiary/aromatic N) is 1. The van der Waals surface area contributed by atoms with Crippen LogP contribution in [0.2, 0.25) is 0 Å². The molecule has 1 amide bonds. The highest BCUT2D eigenvalue weighted by Gasteiger charge is 2.63. The molecule has 0 aliphatic heterocycles. The number of nitrogens with two attached hydrogens (primary N) is 1. The Kier molecular flexibility index (Phi) is 8.28. The standard InChI is InChI=1S/C30H42N4O7/c1-13(2)10-32-12-17-19(33-11-14(3)4)9-16-7-15-8-18-23(34(5)6)26(37)22(29(31)40)28(39)30(18,41)27(38)21(15)25(36)20(16)24(17)35/h9,13-15,18,23,32-33,35,37-38,41H,7-8,10-12H2,1-6H3,(H2,31,40)/t15-,18-,23-,30-/m0/s1. The predicted molar refractivity (Wildman–Crippen MR) is 154 cm³/mol. The number of phenols is 1. The number of aliphatic hydroxyl groups excluding tert-OH is 2. The summed E-state index contributed by atoms with van der Waals surface area (Å²) in [7, 11) is 3.21. The molecular weight excluding hydrogens is 528 g/mol. The van der Waals surface area contributed by atoms with Crippen molar-refractivity contribution in [2.75, 3.05) is 32.5 Å². The first-order valence-corrected chi connectivity index (χ1v) is 14.1. The number of phenolic OH excluding ortho intramolecular Hbond substituents is 1. The number of ketones is 2. The molecule has 3 aliphatic carbocycles. The van der Waals surface area contributed by atoms with Gasteiger partial charge in [-0.3, -0.25) is 19.3 Å². The summed E-state index contributed by atoms with van der Waals surface area (Å²) in [6.07, 6.45) is 0.303. The Bertz CT molecular complexity index is 1350. The summed E-state index contributed by atoms with van der Waals surface area (Å²) in [5.41, 5.74) is 3.57. The molecular formula is C30H42N4O7. The summed E-state index contributed by atoms with van der Waals surface area (Å²) in [5, 5.41) is 52.3. The molecule has 0 unspecified atom stereocenters. The van der Waals surface area contributed by atoms with Gasteiger partial charge in [0.1, 0.15) is 22.8 Å². The molecule has 0 saturated carbocycles. The molecule has 41 heavy (non-hydrogen) atoms. The largest absolute Gasteiger partial charge is 0.510 e. The Morgan fingerprint density at radius 1 is 1.12 bits per heavy atom. The predicted octanol–water partition coefficient (Wildman–Crippen LogP) is 1.93. The van der Waals surface area contributed by atoms with Gasteiger partial charge in [-0.05, 0) is 62.9 Å². The van der Waals surface area contributed by atoms with E-state index in [-0.39, 0.29) is 29.7 Å². The van der Waals surface area contributed by atoms with Crippen molar-refractivity contribution in [2.45, 2.75) is 58.7 Å². The SMILES string of the molecule is CC(C)CNCc1c(NCC(C)C)cc2c(c1O)C(=O)C1=C(O)[C@]3(O)C(=O)C(C(N)=O)=C(O)[C@@H](N(C)C)[C@@H]3C[C@@H]1C2. The molecule has 0 bridgehead atoms. The summed E-state index contributed by atoms with van der Waals surface area (Å²) >= 11 is 0. The number of aromatic hydroxyl groups is 1. The molecule has 0 saturated heterocycles. The van der Waals surface area contributed by atoms with E-state index in [1.165, 1.54) is 4.90 Å². The van der Waals surface area contributed by atoms with Crippen LogP contribution in [0.15, 0.2) is 28.7 Å². The number of carbonyl (C=O) groups is 3. The number of amides is 1. The van der Waals surface area contributed by atoms with Crippen LogP contribution < -0.4 is 16.4 Å². The number of nitrogens with one attached hydrogen (secondary N) is 2. The second-order valence-electron chi connectivity index (χ2n) is 12.5. The fourth-order valence-corrected chi connectivity index (χ4v) is 6.48. The normalized spacial score (nSPS) is 26.0. The van der Waals surface area contributed by atoms with Gasteiger partial charge < -0.3 is 36.8 Å². The molecule has 11 nitrogen and oxygen atoms in total. The van der Waals surface area contributed by atoms with E-state index in [9.17, 15) is 34.8 Å². The van der Waals surface area contributed by atoms with E-state index in [1.54, 1.807) is 14.1 Å². The number of fused-ring (bicyclic) bond motifs is 3. The molecule has 0 fully saturated rings. The number of aliphatic hydroxyl groups is 3. The molecule has 0 radical (unpaired) electrons. The molecule has 0 spiro atoms. The first kappa shape index (κ1) is 30.5. The maximum atomic E-state index is 14.0. The fraction of sp³-hybridized carbons (Fsp3) is 0.567. The summed E-state index contributed by atoms with van der Waals surface area (Å²) in [5.74, 6) is -5.83. The van der Waals surface area contributed by atoms with E-state index >= 15 is 0 Å². The van der Waals surface area contributed by atoms with E-state index < -0.39 is 58.0 Å². The topological polar surface area (TPSA) is 185 Å². The quantitative estimate of drug-likeness (QED) is 0.216. The van der Waals surface area contributed by atoms with Crippen molar-refractivity contribution < 1.29 is 34.8 Å². The van der Waals surface area contributed by atoms with Crippen molar-refractivity contribution in [3.63, 3.8) is 0 Å². The van der Waals surface area contributed by atoms with Crippen molar-refractivity contribution in [3.05, 3.63) is 45.4 Å². The first-order chi connectivity index (χ1) is 19.1. The van der Waals surface area contributed by atoms with Crippen LogP contribution >= 0.6 is 0 Å². The molecule has 224 valence electrons. The molecule has 4 rings (SSSR count). The second kappa shape index (κ2) is 11.1. The van der Waals surface area contributed by atoms with Crippen molar-refractivity contribution in [3.8, 4) is 5.75 Å². The highest BCUT2D eigenvalue weighted by Crippen LogP contribution is 2.52. The number of likely N-dealkylation sites (N-methyl/N-ethyl adjacent to an activating group) is 1. The number of Topliss-reactive ketones (excluding diaryl/α,β-unsaturated/α-hetero) is 2. The number of primary amides is 1. The molecule has 0 heterocycles. The Labute approximate surface area is 240 Å². The lowest BCUT2D eigenvalue weighted by Crippen LogP contribution is -2.63. The van der Waals surface area contributed by atoms with Gasteiger partial charge in [0, 0.05) is 35.8 Å². The van der Waals surface area contributed by atoms with Gasteiger partial charge in [-0.15, -0.1) is 0 Å². The molecule has 8 N–H and O–H groups in total. The number of carbonyl (C=O) groups excluding carboxylic acids is 3. The lowest BCUT2D eigenvalue weighted by molar-refractivity contribution is -0.148.